The van der Waals surface area contributed by atoms with Crippen molar-refractivity contribution in [3.63, 3.8) is 0 Å². The molecule has 0 aliphatic rings. The number of hydrogen-bond acceptors (Lipinski definition) is 3. The second-order valence-electron chi connectivity index (χ2n) is 7.07. The summed E-state index contributed by atoms with van der Waals surface area (Å²) in [6, 6.07) is 8.63. The summed E-state index contributed by atoms with van der Waals surface area (Å²) in [5, 5.41) is 3.15. The first-order valence-corrected chi connectivity index (χ1v) is 8.13. The van der Waals surface area contributed by atoms with E-state index in [1.54, 1.807) is 0 Å². The standard InChI is InChI=1S/C20H31N3/c1-14(21)12-16(3)23-19(13-15(2)22-7)17-8-10-18(11-9-17)20(4,5)6/h8-14,22H,21H2,1-7H3/b15-13+,16-12+,23-19-/t14-/m0/s1. The number of nitrogens with zero attached hydrogens (tertiary/aromatic N) is 1. The minimum atomic E-state index is -0.00218. The number of rotatable bonds is 5. The van der Waals surface area contributed by atoms with Gasteiger partial charge in [-0.3, -0.25) is 4.99 Å². The molecule has 3 heteroatoms. The summed E-state index contributed by atoms with van der Waals surface area (Å²) < 4.78 is 0. The Morgan fingerprint density at radius 1 is 1.17 bits per heavy atom. The van der Waals surface area contributed by atoms with Crippen LogP contribution < -0.4 is 11.1 Å². The molecular formula is C20H31N3. The molecule has 1 aromatic rings. The zero-order valence-corrected chi connectivity index (χ0v) is 15.6. The molecule has 126 valence electrons. The van der Waals surface area contributed by atoms with Gasteiger partial charge in [0.05, 0.1) is 5.71 Å². The monoisotopic (exact) mass is 313 g/mol. The Labute approximate surface area is 141 Å². The fourth-order valence-electron chi connectivity index (χ4n) is 2.21. The molecule has 0 bridgehead atoms. The highest BCUT2D eigenvalue weighted by Crippen LogP contribution is 2.22. The summed E-state index contributed by atoms with van der Waals surface area (Å²) in [4.78, 5) is 4.75. The molecule has 0 saturated heterocycles. The van der Waals surface area contributed by atoms with Gasteiger partial charge < -0.3 is 11.1 Å². The average molecular weight is 313 g/mol. The number of hydrogen-bond donors (Lipinski definition) is 2. The molecule has 3 nitrogen and oxygen atoms in total. The van der Waals surface area contributed by atoms with Crippen molar-refractivity contribution in [2.45, 2.75) is 53.0 Å². The lowest BCUT2D eigenvalue weighted by atomic mass is 9.86. The molecule has 0 aliphatic heterocycles. The van der Waals surface area contributed by atoms with Crippen LogP contribution in [0.4, 0.5) is 0 Å². The van der Waals surface area contributed by atoms with Gasteiger partial charge in [0.2, 0.25) is 0 Å². The maximum atomic E-state index is 5.83. The molecule has 23 heavy (non-hydrogen) atoms. The third-order valence-electron chi connectivity index (χ3n) is 3.60. The average Bonchev–Trinajstić information content (AvgIpc) is 2.44. The molecule has 3 N–H and O–H groups in total. The number of nitrogens with one attached hydrogen (secondary N) is 1. The fraction of sp³-hybridized carbons (Fsp3) is 0.450. The third kappa shape index (κ3) is 6.41. The van der Waals surface area contributed by atoms with E-state index in [4.69, 9.17) is 10.7 Å². The van der Waals surface area contributed by atoms with Crippen molar-refractivity contribution < 1.29 is 0 Å². The summed E-state index contributed by atoms with van der Waals surface area (Å²) in [7, 11) is 1.91. The quantitative estimate of drug-likeness (QED) is 0.802. The molecule has 1 atom stereocenters. The van der Waals surface area contributed by atoms with Gasteiger partial charge in [-0.05, 0) is 43.9 Å². The first kappa shape index (κ1) is 19.2. The van der Waals surface area contributed by atoms with E-state index in [-0.39, 0.29) is 11.5 Å². The largest absolute Gasteiger partial charge is 0.392 e. The van der Waals surface area contributed by atoms with Crippen molar-refractivity contribution in [2.24, 2.45) is 10.7 Å². The Morgan fingerprint density at radius 3 is 2.17 bits per heavy atom. The van der Waals surface area contributed by atoms with E-state index in [0.29, 0.717) is 0 Å². The Bertz CT molecular complexity index is 597. The summed E-state index contributed by atoms with van der Waals surface area (Å²) in [5.74, 6) is 0. The molecular weight excluding hydrogens is 282 g/mol. The topological polar surface area (TPSA) is 50.4 Å². The first-order valence-electron chi connectivity index (χ1n) is 8.13. The number of nitrogens with two attached hydrogens (primary N) is 1. The number of allylic oxidation sites excluding steroid dienone is 3. The molecule has 0 spiro atoms. The SMILES string of the molecule is CN/C(C)=C/C(=N/C(C)=C/[C@H](C)N)c1ccc(C(C)(C)C)cc1. The summed E-state index contributed by atoms with van der Waals surface area (Å²) >= 11 is 0. The third-order valence-corrected chi connectivity index (χ3v) is 3.60. The van der Waals surface area contributed by atoms with Gasteiger partial charge in [0.25, 0.3) is 0 Å². The second kappa shape index (κ2) is 8.11. The Hall–Kier alpha value is -1.87. The molecule has 1 rings (SSSR count). The van der Waals surface area contributed by atoms with E-state index in [1.807, 2.05) is 33.9 Å². The minimum Gasteiger partial charge on any atom is -0.392 e. The van der Waals surface area contributed by atoms with Gasteiger partial charge in [0, 0.05) is 30.0 Å². The lowest BCUT2D eigenvalue weighted by Gasteiger charge is -2.19. The van der Waals surface area contributed by atoms with Gasteiger partial charge in [-0.1, -0.05) is 45.0 Å². The van der Waals surface area contributed by atoms with Crippen LogP contribution in [0.3, 0.4) is 0 Å². The minimum absolute atomic E-state index is 0.00218. The van der Waals surface area contributed by atoms with Crippen molar-refractivity contribution >= 4 is 5.71 Å². The normalized spacial score (nSPS) is 15.6. The van der Waals surface area contributed by atoms with Gasteiger partial charge in [-0.2, -0.15) is 0 Å². The smallest absolute Gasteiger partial charge is 0.0722 e. The van der Waals surface area contributed by atoms with Crippen LogP contribution in [0, 0.1) is 0 Å². The van der Waals surface area contributed by atoms with Crippen molar-refractivity contribution in [1.82, 2.24) is 5.32 Å². The van der Waals surface area contributed by atoms with E-state index in [0.717, 1.165) is 22.7 Å². The number of benzene rings is 1. The first-order chi connectivity index (χ1) is 10.6. The predicted molar refractivity (Wildman–Crippen MR) is 102 cm³/mol. The molecule has 0 saturated carbocycles. The van der Waals surface area contributed by atoms with E-state index in [1.165, 1.54) is 5.56 Å². The predicted octanol–water partition coefficient (Wildman–Crippen LogP) is 4.15. The highest BCUT2D eigenvalue weighted by atomic mass is 14.8. The summed E-state index contributed by atoms with van der Waals surface area (Å²) in [6.07, 6.45) is 4.02. The van der Waals surface area contributed by atoms with Crippen LogP contribution in [-0.4, -0.2) is 18.8 Å². The van der Waals surface area contributed by atoms with Crippen LogP contribution in [0.2, 0.25) is 0 Å². The fourth-order valence-corrected chi connectivity index (χ4v) is 2.21. The van der Waals surface area contributed by atoms with Crippen molar-refractivity contribution in [3.8, 4) is 0 Å². The van der Waals surface area contributed by atoms with Crippen LogP contribution in [0.15, 0.2) is 52.8 Å². The van der Waals surface area contributed by atoms with Gasteiger partial charge in [-0.25, -0.2) is 0 Å². The van der Waals surface area contributed by atoms with Gasteiger partial charge in [0.1, 0.15) is 0 Å². The highest BCUT2D eigenvalue weighted by Gasteiger charge is 2.13. The van der Waals surface area contributed by atoms with E-state index < -0.39 is 0 Å². The van der Waals surface area contributed by atoms with Crippen LogP contribution in [-0.2, 0) is 5.41 Å². The van der Waals surface area contributed by atoms with Gasteiger partial charge in [0.15, 0.2) is 0 Å². The molecule has 0 heterocycles. The molecule has 0 fully saturated rings. The molecule has 0 aromatic heterocycles. The zero-order chi connectivity index (χ0) is 17.6. The van der Waals surface area contributed by atoms with Gasteiger partial charge in [-0.15, -0.1) is 0 Å². The summed E-state index contributed by atoms with van der Waals surface area (Å²) in [6.45, 7) is 12.6. The molecule has 0 aliphatic carbocycles. The Balaban J connectivity index is 3.28. The lowest BCUT2D eigenvalue weighted by molar-refractivity contribution is 0.590. The lowest BCUT2D eigenvalue weighted by Crippen LogP contribution is -2.12. The second-order valence-corrected chi connectivity index (χ2v) is 7.07. The molecule has 0 amide bonds. The van der Waals surface area contributed by atoms with Crippen LogP contribution in [0.5, 0.6) is 0 Å². The molecule has 1 aromatic carbocycles. The summed E-state index contributed by atoms with van der Waals surface area (Å²) in [5.41, 5.74) is 11.3. The van der Waals surface area contributed by atoms with Crippen LogP contribution in [0.25, 0.3) is 0 Å². The highest BCUT2D eigenvalue weighted by molar-refractivity contribution is 6.09. The van der Waals surface area contributed by atoms with Crippen LogP contribution >= 0.6 is 0 Å². The maximum absolute atomic E-state index is 5.83. The van der Waals surface area contributed by atoms with E-state index in [9.17, 15) is 0 Å². The molecule has 0 radical (unpaired) electrons. The Morgan fingerprint density at radius 2 is 1.74 bits per heavy atom. The zero-order valence-electron chi connectivity index (χ0n) is 15.6. The van der Waals surface area contributed by atoms with Crippen molar-refractivity contribution in [2.75, 3.05) is 7.05 Å². The van der Waals surface area contributed by atoms with E-state index >= 15 is 0 Å². The van der Waals surface area contributed by atoms with Crippen molar-refractivity contribution in [3.05, 3.63) is 58.9 Å². The van der Waals surface area contributed by atoms with Crippen molar-refractivity contribution in [1.29, 1.82) is 0 Å². The number of aliphatic imine (C=N–C) groups is 1. The maximum Gasteiger partial charge on any atom is 0.0722 e. The van der Waals surface area contributed by atoms with E-state index in [2.05, 4.69) is 56.4 Å². The molecule has 0 unspecified atom stereocenters. The van der Waals surface area contributed by atoms with Gasteiger partial charge >= 0.3 is 0 Å². The Kier molecular flexibility index (Phi) is 6.77. The van der Waals surface area contributed by atoms with Crippen LogP contribution in [0.1, 0.15) is 52.7 Å².